The molecular formula is C18H32N4O2. The zero-order valence-electron chi connectivity index (χ0n) is 15.1. The van der Waals surface area contributed by atoms with Crippen LogP contribution in [0.4, 0.5) is 0 Å². The zero-order valence-corrected chi connectivity index (χ0v) is 15.1. The summed E-state index contributed by atoms with van der Waals surface area (Å²) in [6.07, 6.45) is 6.33. The van der Waals surface area contributed by atoms with Crippen LogP contribution in [0.1, 0.15) is 25.3 Å². The maximum Gasteiger partial charge on any atom is 0.0898 e. The molecule has 1 aromatic rings. The van der Waals surface area contributed by atoms with E-state index >= 15 is 0 Å². The standard InChI is InChI=1S/C18H32N4O2/c1-15-3-5-20(6-4-15)11-17(23)12-21-7-8-24-18(13-21)14-22-10-16(2)9-19-22/h9-10,15,17-18,23H,3-8,11-14H2,1-2H3/t17-,18+/m0/s1. The van der Waals surface area contributed by atoms with Crippen molar-refractivity contribution in [1.82, 2.24) is 19.6 Å². The van der Waals surface area contributed by atoms with Gasteiger partial charge in [-0.3, -0.25) is 9.58 Å². The normalized spacial score (nSPS) is 25.9. The molecule has 1 aromatic heterocycles. The molecule has 0 aromatic carbocycles. The van der Waals surface area contributed by atoms with Crippen LogP contribution in [0.2, 0.25) is 0 Å². The van der Waals surface area contributed by atoms with Gasteiger partial charge in [-0.2, -0.15) is 5.10 Å². The lowest BCUT2D eigenvalue weighted by Crippen LogP contribution is -2.49. The molecule has 1 N–H and O–H groups in total. The fraction of sp³-hybridized carbons (Fsp3) is 0.833. The number of β-amino-alcohol motifs (C(OH)–C–C–N with tert-alkyl or cyclic N) is 1. The molecule has 2 fully saturated rings. The van der Waals surface area contributed by atoms with Gasteiger partial charge in [-0.15, -0.1) is 0 Å². The summed E-state index contributed by atoms with van der Waals surface area (Å²) in [5.74, 6) is 0.837. The van der Waals surface area contributed by atoms with E-state index in [0.717, 1.165) is 58.3 Å². The molecule has 3 rings (SSSR count). The highest BCUT2D eigenvalue weighted by molar-refractivity contribution is 4.99. The molecule has 0 saturated carbocycles. The van der Waals surface area contributed by atoms with Gasteiger partial charge in [0.1, 0.15) is 0 Å². The van der Waals surface area contributed by atoms with Gasteiger partial charge in [0.2, 0.25) is 0 Å². The van der Waals surface area contributed by atoms with Crippen molar-refractivity contribution in [2.45, 2.75) is 45.4 Å². The summed E-state index contributed by atoms with van der Waals surface area (Å²) in [7, 11) is 0. The van der Waals surface area contributed by atoms with E-state index in [4.69, 9.17) is 4.74 Å². The summed E-state index contributed by atoms with van der Waals surface area (Å²) in [6, 6.07) is 0. The van der Waals surface area contributed by atoms with E-state index in [1.54, 1.807) is 0 Å². The van der Waals surface area contributed by atoms with Gasteiger partial charge in [0.25, 0.3) is 0 Å². The number of rotatable bonds is 6. The molecule has 0 aliphatic carbocycles. The number of aromatic nitrogens is 2. The molecule has 3 heterocycles. The summed E-state index contributed by atoms with van der Waals surface area (Å²) in [6.45, 7) is 11.5. The Labute approximate surface area is 145 Å². The Bertz CT molecular complexity index is 499. The highest BCUT2D eigenvalue weighted by atomic mass is 16.5. The van der Waals surface area contributed by atoms with Gasteiger partial charge in [0.05, 0.1) is 31.6 Å². The summed E-state index contributed by atoms with van der Waals surface area (Å²) < 4.78 is 7.82. The highest BCUT2D eigenvalue weighted by Gasteiger charge is 2.24. The molecule has 2 aliphatic rings. The molecule has 2 saturated heterocycles. The number of morpholine rings is 1. The van der Waals surface area contributed by atoms with Gasteiger partial charge in [0, 0.05) is 32.4 Å². The number of nitrogens with zero attached hydrogens (tertiary/aromatic N) is 4. The van der Waals surface area contributed by atoms with E-state index in [-0.39, 0.29) is 12.2 Å². The van der Waals surface area contributed by atoms with Gasteiger partial charge < -0.3 is 14.7 Å². The second-order valence-corrected chi connectivity index (χ2v) is 7.63. The molecule has 24 heavy (non-hydrogen) atoms. The Hall–Kier alpha value is -0.950. The zero-order chi connectivity index (χ0) is 16.9. The maximum absolute atomic E-state index is 10.5. The lowest BCUT2D eigenvalue weighted by molar-refractivity contribution is -0.0513. The second-order valence-electron chi connectivity index (χ2n) is 7.63. The van der Waals surface area contributed by atoms with E-state index < -0.39 is 0 Å². The predicted molar refractivity (Wildman–Crippen MR) is 94.0 cm³/mol. The van der Waals surface area contributed by atoms with Crippen LogP contribution in [0.5, 0.6) is 0 Å². The molecule has 0 bridgehead atoms. The predicted octanol–water partition coefficient (Wildman–Crippen LogP) is 0.985. The van der Waals surface area contributed by atoms with Crippen LogP contribution in [0, 0.1) is 12.8 Å². The Balaban J connectivity index is 1.41. The van der Waals surface area contributed by atoms with Crippen molar-refractivity contribution in [1.29, 1.82) is 0 Å². The smallest absolute Gasteiger partial charge is 0.0898 e. The van der Waals surface area contributed by atoms with Crippen molar-refractivity contribution in [2.75, 3.05) is 45.9 Å². The summed E-state index contributed by atoms with van der Waals surface area (Å²) in [5.41, 5.74) is 1.17. The average molecular weight is 336 g/mol. The number of piperidine rings is 1. The van der Waals surface area contributed by atoms with Gasteiger partial charge in [-0.25, -0.2) is 0 Å². The minimum Gasteiger partial charge on any atom is -0.390 e. The van der Waals surface area contributed by atoms with Crippen LogP contribution in [0.15, 0.2) is 12.4 Å². The summed E-state index contributed by atoms with van der Waals surface area (Å²) >= 11 is 0. The summed E-state index contributed by atoms with van der Waals surface area (Å²) in [4.78, 5) is 4.75. The lowest BCUT2D eigenvalue weighted by Gasteiger charge is -2.36. The Morgan fingerprint density at radius 3 is 2.71 bits per heavy atom. The summed E-state index contributed by atoms with van der Waals surface area (Å²) in [5, 5.41) is 14.8. The molecular weight excluding hydrogens is 304 g/mol. The third kappa shape index (κ3) is 5.28. The maximum atomic E-state index is 10.5. The van der Waals surface area contributed by atoms with Crippen LogP contribution < -0.4 is 0 Å². The number of hydrogen-bond donors (Lipinski definition) is 1. The van der Waals surface area contributed by atoms with Crippen LogP contribution in [-0.4, -0.2) is 82.8 Å². The van der Waals surface area contributed by atoms with E-state index in [2.05, 4.69) is 34.9 Å². The largest absolute Gasteiger partial charge is 0.390 e. The van der Waals surface area contributed by atoms with Crippen molar-refractivity contribution in [2.24, 2.45) is 5.92 Å². The molecule has 0 unspecified atom stereocenters. The molecule has 2 aliphatic heterocycles. The highest BCUT2D eigenvalue weighted by Crippen LogP contribution is 2.16. The molecule has 0 spiro atoms. The molecule has 6 nitrogen and oxygen atoms in total. The van der Waals surface area contributed by atoms with Gasteiger partial charge in [-0.1, -0.05) is 6.92 Å². The minimum atomic E-state index is -0.274. The Morgan fingerprint density at radius 1 is 1.25 bits per heavy atom. The molecule has 0 amide bonds. The first-order valence-electron chi connectivity index (χ1n) is 9.32. The van der Waals surface area contributed by atoms with Crippen LogP contribution >= 0.6 is 0 Å². The van der Waals surface area contributed by atoms with E-state index in [9.17, 15) is 5.11 Å². The molecule has 2 atom stereocenters. The van der Waals surface area contributed by atoms with Crippen molar-refractivity contribution >= 4 is 0 Å². The number of aryl methyl sites for hydroxylation is 1. The Kier molecular flexibility index (Phi) is 6.27. The molecule has 0 radical (unpaired) electrons. The number of likely N-dealkylation sites (tertiary alicyclic amines) is 1. The number of aliphatic hydroxyl groups excluding tert-OH is 1. The van der Waals surface area contributed by atoms with E-state index in [0.29, 0.717) is 0 Å². The minimum absolute atomic E-state index is 0.154. The Morgan fingerprint density at radius 2 is 2.00 bits per heavy atom. The van der Waals surface area contributed by atoms with E-state index in [1.807, 2.05) is 10.9 Å². The molecule has 136 valence electrons. The van der Waals surface area contributed by atoms with Gasteiger partial charge in [0.15, 0.2) is 0 Å². The number of hydrogen-bond acceptors (Lipinski definition) is 5. The van der Waals surface area contributed by atoms with Crippen molar-refractivity contribution in [3.63, 3.8) is 0 Å². The first-order chi connectivity index (χ1) is 11.6. The monoisotopic (exact) mass is 336 g/mol. The van der Waals surface area contributed by atoms with Gasteiger partial charge in [-0.05, 0) is 44.3 Å². The van der Waals surface area contributed by atoms with Crippen LogP contribution in [-0.2, 0) is 11.3 Å². The van der Waals surface area contributed by atoms with Gasteiger partial charge >= 0.3 is 0 Å². The SMILES string of the molecule is Cc1cnn(C[C@H]2CN(C[C@@H](O)CN3CCC(C)CC3)CCO2)c1. The van der Waals surface area contributed by atoms with Crippen molar-refractivity contribution in [3.05, 3.63) is 18.0 Å². The third-order valence-corrected chi connectivity index (χ3v) is 5.19. The van der Waals surface area contributed by atoms with Crippen LogP contribution in [0.3, 0.4) is 0 Å². The third-order valence-electron chi connectivity index (χ3n) is 5.19. The number of aliphatic hydroxyl groups is 1. The lowest BCUT2D eigenvalue weighted by atomic mass is 9.99. The quantitative estimate of drug-likeness (QED) is 0.839. The number of ether oxygens (including phenoxy) is 1. The fourth-order valence-electron chi connectivity index (χ4n) is 3.73. The topological polar surface area (TPSA) is 53.8 Å². The molecule has 6 heteroatoms. The first-order valence-corrected chi connectivity index (χ1v) is 9.32. The van der Waals surface area contributed by atoms with E-state index in [1.165, 1.54) is 18.4 Å². The van der Waals surface area contributed by atoms with Crippen molar-refractivity contribution in [3.8, 4) is 0 Å². The first kappa shape index (κ1) is 17.9. The van der Waals surface area contributed by atoms with Crippen molar-refractivity contribution < 1.29 is 9.84 Å². The fourth-order valence-corrected chi connectivity index (χ4v) is 3.73. The second kappa shape index (κ2) is 8.43. The van der Waals surface area contributed by atoms with Crippen LogP contribution in [0.25, 0.3) is 0 Å². The average Bonchev–Trinajstić information content (AvgIpc) is 2.95.